The number of aliphatic hydroxyl groups excluding tert-OH is 1. The predicted molar refractivity (Wildman–Crippen MR) is 112 cm³/mol. The van der Waals surface area contributed by atoms with Crippen LogP contribution in [-0.2, 0) is 20.8 Å². The van der Waals surface area contributed by atoms with Crippen LogP contribution in [0.2, 0.25) is 0 Å². The van der Waals surface area contributed by atoms with Crippen LogP contribution in [0.5, 0.6) is 0 Å². The number of halogens is 3. The zero-order chi connectivity index (χ0) is 23.7. The van der Waals surface area contributed by atoms with E-state index >= 15 is 0 Å². The van der Waals surface area contributed by atoms with Gasteiger partial charge in [-0.25, -0.2) is 8.42 Å². The van der Waals surface area contributed by atoms with Gasteiger partial charge in [0.05, 0.1) is 21.9 Å². The second-order valence-electron chi connectivity index (χ2n) is 8.68. The van der Waals surface area contributed by atoms with Crippen molar-refractivity contribution >= 4 is 15.7 Å². The third-order valence-electron chi connectivity index (χ3n) is 6.35. The quantitative estimate of drug-likeness (QED) is 0.584. The molecule has 0 unspecified atom stereocenters. The summed E-state index contributed by atoms with van der Waals surface area (Å²) < 4.78 is 64.3. The highest BCUT2D eigenvalue weighted by molar-refractivity contribution is 7.92. The number of likely N-dealkylation sites (tertiary alicyclic amines) is 1. The average molecular weight is 476 g/mol. The normalized spacial score (nSPS) is 19.2. The molecule has 1 fully saturated rings. The van der Waals surface area contributed by atoms with E-state index in [9.17, 15) is 31.5 Å². The number of piperidine rings is 1. The molecule has 2 aliphatic rings. The van der Waals surface area contributed by atoms with Gasteiger partial charge in [0.25, 0.3) is 5.91 Å². The van der Waals surface area contributed by atoms with Crippen molar-refractivity contribution in [2.75, 3.05) is 19.8 Å². The summed E-state index contributed by atoms with van der Waals surface area (Å²) in [5.41, 5.74) is -0.278. The van der Waals surface area contributed by atoms with Crippen molar-refractivity contribution in [2.24, 2.45) is 5.92 Å². The number of nitrogens with one attached hydrogen (secondary N) is 2. The van der Waals surface area contributed by atoms with Crippen LogP contribution in [0.25, 0.3) is 0 Å². The van der Waals surface area contributed by atoms with Gasteiger partial charge < -0.3 is 20.6 Å². The molecular formula is C21H28F3N3O4S. The van der Waals surface area contributed by atoms with Crippen LogP contribution in [0, 0.1) is 5.92 Å². The molecule has 1 amide bonds. The summed E-state index contributed by atoms with van der Waals surface area (Å²) in [5.74, 6) is -0.775. The Hall–Kier alpha value is -2.27. The van der Waals surface area contributed by atoms with E-state index in [1.807, 2.05) is 0 Å². The Kier molecular flexibility index (Phi) is 6.80. The van der Waals surface area contributed by atoms with Crippen LogP contribution in [0.4, 0.5) is 13.2 Å². The van der Waals surface area contributed by atoms with E-state index in [0.717, 1.165) is 17.8 Å². The molecule has 0 aromatic heterocycles. The third-order valence-corrected chi connectivity index (χ3v) is 8.94. The molecule has 0 saturated carbocycles. The fourth-order valence-electron chi connectivity index (χ4n) is 4.19. The molecule has 178 valence electrons. The zero-order valence-electron chi connectivity index (χ0n) is 17.9. The summed E-state index contributed by atoms with van der Waals surface area (Å²) in [6.07, 6.45) is -3.25. The van der Waals surface area contributed by atoms with Gasteiger partial charge in [-0.3, -0.25) is 4.79 Å². The van der Waals surface area contributed by atoms with E-state index in [1.54, 1.807) is 6.20 Å². The molecule has 7 nitrogen and oxygen atoms in total. The number of carbonyl (C=O) groups excluding carboxylic acids is 1. The van der Waals surface area contributed by atoms with E-state index in [0.29, 0.717) is 25.6 Å². The minimum absolute atomic E-state index is 0.154. The van der Waals surface area contributed by atoms with Gasteiger partial charge in [-0.2, -0.15) is 13.2 Å². The first-order valence-electron chi connectivity index (χ1n) is 10.4. The molecule has 1 aromatic carbocycles. The number of nitrogens with zero attached hydrogens (tertiary/aromatic N) is 1. The molecule has 1 aromatic rings. The molecule has 11 heteroatoms. The van der Waals surface area contributed by atoms with Crippen molar-refractivity contribution in [1.82, 2.24) is 15.5 Å². The van der Waals surface area contributed by atoms with Crippen LogP contribution in [0.15, 0.2) is 41.1 Å². The summed E-state index contributed by atoms with van der Waals surface area (Å²) in [5, 5.41) is 16.2. The lowest BCUT2D eigenvalue weighted by Crippen LogP contribution is -2.49. The van der Waals surface area contributed by atoms with Crippen molar-refractivity contribution in [3.63, 3.8) is 0 Å². The number of hydrogen-bond donors (Lipinski definition) is 3. The third kappa shape index (κ3) is 4.88. The van der Waals surface area contributed by atoms with Gasteiger partial charge in [-0.15, -0.1) is 0 Å². The SMILES string of the molecule is CC(C)(C1CCN(C(=O)[C@@H](O)CC2=CNCN2)CC1)S(=O)(=O)c1cccc(C(F)(F)F)c1. The average Bonchev–Trinajstić information content (AvgIpc) is 3.25. The molecule has 2 heterocycles. The first kappa shape index (κ1) is 24.4. The molecular weight excluding hydrogens is 447 g/mol. The van der Waals surface area contributed by atoms with Crippen LogP contribution in [0.3, 0.4) is 0 Å². The van der Waals surface area contributed by atoms with E-state index in [2.05, 4.69) is 10.6 Å². The van der Waals surface area contributed by atoms with Crippen LogP contribution < -0.4 is 10.6 Å². The number of amides is 1. The minimum Gasteiger partial charge on any atom is -0.383 e. The monoisotopic (exact) mass is 475 g/mol. The maximum atomic E-state index is 13.2. The van der Waals surface area contributed by atoms with E-state index in [4.69, 9.17) is 0 Å². The fourth-order valence-corrected chi connectivity index (χ4v) is 6.01. The fraction of sp³-hybridized carbons (Fsp3) is 0.571. The summed E-state index contributed by atoms with van der Waals surface area (Å²) >= 11 is 0. The Labute approximate surface area is 185 Å². The van der Waals surface area contributed by atoms with Crippen molar-refractivity contribution < 1.29 is 31.5 Å². The largest absolute Gasteiger partial charge is 0.416 e. The van der Waals surface area contributed by atoms with Gasteiger partial charge in [0.15, 0.2) is 9.84 Å². The zero-order valence-corrected chi connectivity index (χ0v) is 18.8. The Bertz CT molecular complexity index is 984. The van der Waals surface area contributed by atoms with Crippen LogP contribution >= 0.6 is 0 Å². The molecule has 1 atom stereocenters. The first-order chi connectivity index (χ1) is 14.8. The number of aliphatic hydroxyl groups is 1. The minimum atomic E-state index is -4.64. The smallest absolute Gasteiger partial charge is 0.383 e. The number of carbonyl (C=O) groups is 1. The second-order valence-corrected chi connectivity index (χ2v) is 11.2. The van der Waals surface area contributed by atoms with E-state index in [-0.39, 0.29) is 30.3 Å². The highest BCUT2D eigenvalue weighted by atomic mass is 32.2. The van der Waals surface area contributed by atoms with Gasteiger partial charge in [-0.1, -0.05) is 6.07 Å². The van der Waals surface area contributed by atoms with Gasteiger partial charge in [-0.05, 0) is 50.8 Å². The van der Waals surface area contributed by atoms with Crippen LogP contribution in [0.1, 0.15) is 38.7 Å². The summed E-state index contributed by atoms with van der Waals surface area (Å²) in [4.78, 5) is 13.7. The van der Waals surface area contributed by atoms with Gasteiger partial charge in [0.1, 0.15) is 6.10 Å². The second kappa shape index (κ2) is 8.93. The number of hydrogen-bond acceptors (Lipinski definition) is 6. The Morgan fingerprint density at radius 1 is 1.25 bits per heavy atom. The van der Waals surface area contributed by atoms with Crippen molar-refractivity contribution in [3.8, 4) is 0 Å². The standard InChI is InChI=1S/C21H28F3N3O4S/c1-20(2,32(30,31)17-5-3-4-15(10-17)21(22,23)24)14-6-8-27(9-7-14)19(29)18(28)11-16-12-25-13-26-16/h3-5,10,12,14,18,25-26,28H,6-9,11,13H2,1-2H3/t18-/m0/s1. The maximum absolute atomic E-state index is 13.2. The molecule has 0 radical (unpaired) electrons. The first-order valence-corrected chi connectivity index (χ1v) is 11.9. The lowest BCUT2D eigenvalue weighted by molar-refractivity contribution is -0.141. The lowest BCUT2D eigenvalue weighted by Gasteiger charge is -2.40. The summed E-state index contributed by atoms with van der Waals surface area (Å²) in [7, 11) is -4.07. The van der Waals surface area contributed by atoms with Crippen molar-refractivity contribution in [1.29, 1.82) is 0 Å². The molecule has 3 rings (SSSR count). The maximum Gasteiger partial charge on any atom is 0.416 e. The van der Waals surface area contributed by atoms with Gasteiger partial charge in [0, 0.05) is 31.4 Å². The Morgan fingerprint density at radius 3 is 2.47 bits per heavy atom. The van der Waals surface area contributed by atoms with Crippen LogP contribution in [-0.4, -0.2) is 54.9 Å². The van der Waals surface area contributed by atoms with Gasteiger partial charge >= 0.3 is 6.18 Å². The summed E-state index contributed by atoms with van der Waals surface area (Å²) in [6, 6.07) is 3.79. The number of alkyl halides is 3. The molecule has 1 saturated heterocycles. The Morgan fingerprint density at radius 2 is 1.91 bits per heavy atom. The molecule has 0 spiro atoms. The van der Waals surface area contributed by atoms with Crippen molar-refractivity contribution in [2.45, 2.75) is 55.0 Å². The summed E-state index contributed by atoms with van der Waals surface area (Å²) in [6.45, 7) is 4.12. The highest BCUT2D eigenvalue weighted by Gasteiger charge is 2.45. The highest BCUT2D eigenvalue weighted by Crippen LogP contribution is 2.39. The lowest BCUT2D eigenvalue weighted by atomic mass is 9.85. The van der Waals surface area contributed by atoms with Gasteiger partial charge in [0.2, 0.25) is 0 Å². The molecule has 0 bridgehead atoms. The molecule has 32 heavy (non-hydrogen) atoms. The number of sulfone groups is 1. The topological polar surface area (TPSA) is 98.7 Å². The van der Waals surface area contributed by atoms with E-state index < -0.39 is 38.3 Å². The molecule has 0 aliphatic carbocycles. The van der Waals surface area contributed by atoms with Crippen molar-refractivity contribution in [3.05, 3.63) is 41.7 Å². The molecule has 2 aliphatic heterocycles. The number of rotatable bonds is 6. The predicted octanol–water partition coefficient (Wildman–Crippen LogP) is 2.24. The van der Waals surface area contributed by atoms with E-state index in [1.165, 1.54) is 24.8 Å². The molecule has 3 N–H and O–H groups in total. The Balaban J connectivity index is 1.68. The number of benzene rings is 1.